The minimum atomic E-state index is -2.24. The molecule has 0 amide bonds. The van der Waals surface area contributed by atoms with Crippen LogP contribution in [-0.2, 0) is 42.4 Å². The molecule has 0 bridgehead atoms. The molecule has 0 aromatic rings. The summed E-state index contributed by atoms with van der Waals surface area (Å²) in [4.78, 5) is 0. The van der Waals surface area contributed by atoms with Crippen molar-refractivity contribution in [2.24, 2.45) is 0 Å². The van der Waals surface area contributed by atoms with Gasteiger partial charge < -0.3 is 42.4 Å². The summed E-state index contributed by atoms with van der Waals surface area (Å²) in [6.07, 6.45) is 2.75. The first-order chi connectivity index (χ1) is 16.5. The molecule has 0 aromatic heterocycles. The maximum Gasteiger partial charge on any atom is 0.317 e. The Kier molecular flexibility index (Phi) is 15.3. The molecule has 10 nitrogen and oxygen atoms in total. The fraction of sp³-hybridized carbons (Fsp3) is 1.00. The summed E-state index contributed by atoms with van der Waals surface area (Å²) in [5.41, 5.74) is 0. The van der Waals surface area contributed by atoms with Crippen molar-refractivity contribution < 1.29 is 42.4 Å². The molecular weight excluding hydrogens is 589 g/mol. The van der Waals surface area contributed by atoms with Crippen LogP contribution in [0.25, 0.3) is 0 Å². The summed E-state index contributed by atoms with van der Waals surface area (Å²) in [6, 6.07) is 1.82. The molecule has 2 aliphatic rings. The standard InChI is InChI=1S/C17H48O10Si8/c1-28-20-30(3)24-34(7,25-31(4)21-28)16-10-14-18-12-9-13-19-15-11-17-35(8)26-32(5)22-29(2)23-33(6)27-35/h28-33H,9-17H2,1-8H3. The zero-order valence-electron chi connectivity index (χ0n) is 22.9. The van der Waals surface area contributed by atoms with Crippen LogP contribution in [0.5, 0.6) is 0 Å². The molecule has 0 radical (unpaired) electrons. The van der Waals surface area contributed by atoms with Gasteiger partial charge in [-0.3, -0.25) is 0 Å². The average molecular weight is 637 g/mol. The van der Waals surface area contributed by atoms with E-state index in [0.717, 1.165) is 31.4 Å². The van der Waals surface area contributed by atoms with Crippen molar-refractivity contribution in [1.82, 2.24) is 0 Å². The summed E-state index contributed by atoms with van der Waals surface area (Å²) in [6.45, 7) is 19.5. The van der Waals surface area contributed by atoms with E-state index < -0.39 is 72.8 Å². The van der Waals surface area contributed by atoms with Crippen LogP contribution in [0.2, 0.25) is 64.5 Å². The molecule has 4 unspecified atom stereocenters. The van der Waals surface area contributed by atoms with E-state index in [2.05, 4.69) is 52.4 Å². The summed E-state index contributed by atoms with van der Waals surface area (Å²) >= 11 is 0. The Balaban J connectivity index is 1.51. The van der Waals surface area contributed by atoms with Gasteiger partial charge in [0.1, 0.15) is 0 Å². The van der Waals surface area contributed by atoms with Crippen LogP contribution >= 0.6 is 0 Å². The fourth-order valence-corrected chi connectivity index (χ4v) is 33.7. The van der Waals surface area contributed by atoms with Crippen LogP contribution in [-0.4, -0.2) is 99.3 Å². The molecule has 4 atom stereocenters. The van der Waals surface area contributed by atoms with Crippen LogP contribution < -0.4 is 0 Å². The quantitative estimate of drug-likeness (QED) is 0.232. The second kappa shape index (κ2) is 16.4. The lowest BCUT2D eigenvalue weighted by Gasteiger charge is -2.37. The van der Waals surface area contributed by atoms with Gasteiger partial charge in [0.15, 0.2) is 0 Å². The van der Waals surface area contributed by atoms with Crippen molar-refractivity contribution in [2.45, 2.75) is 83.7 Å². The van der Waals surface area contributed by atoms with Crippen molar-refractivity contribution in [2.75, 3.05) is 26.4 Å². The zero-order chi connectivity index (χ0) is 25.9. The first-order valence-corrected chi connectivity index (χ1v) is 30.6. The summed E-state index contributed by atoms with van der Waals surface area (Å²) in [5.74, 6) is 0. The van der Waals surface area contributed by atoms with E-state index in [4.69, 9.17) is 42.4 Å². The van der Waals surface area contributed by atoms with Crippen molar-refractivity contribution in [1.29, 1.82) is 0 Å². The molecule has 2 heterocycles. The predicted molar refractivity (Wildman–Crippen MR) is 155 cm³/mol. The van der Waals surface area contributed by atoms with Gasteiger partial charge in [-0.05, 0) is 83.7 Å². The molecule has 18 heteroatoms. The summed E-state index contributed by atoms with van der Waals surface area (Å²) < 4.78 is 60.8. The van der Waals surface area contributed by atoms with Gasteiger partial charge in [0.25, 0.3) is 55.7 Å². The minimum Gasteiger partial charge on any atom is -0.420 e. The molecule has 0 aliphatic carbocycles. The SMILES string of the molecule is C[SiH]1O[SiH](C)O[Si](C)(CCCOCCCOCCC[Si]2(C)O[SiH](C)O[SiH](C)O[SiH](C)O2)O[SiH](C)O1. The van der Waals surface area contributed by atoms with E-state index in [1.54, 1.807) is 0 Å². The van der Waals surface area contributed by atoms with Gasteiger partial charge in [0.05, 0.1) is 0 Å². The monoisotopic (exact) mass is 636 g/mol. The highest BCUT2D eigenvalue weighted by Gasteiger charge is 2.40. The van der Waals surface area contributed by atoms with Crippen LogP contribution in [0.1, 0.15) is 19.3 Å². The van der Waals surface area contributed by atoms with E-state index in [9.17, 15) is 0 Å². The molecule has 0 saturated carbocycles. The van der Waals surface area contributed by atoms with Crippen molar-refractivity contribution in [3.8, 4) is 0 Å². The Morgan fingerprint density at radius 1 is 0.457 bits per heavy atom. The lowest BCUT2D eigenvalue weighted by Crippen LogP contribution is -2.53. The first kappa shape index (κ1) is 32.5. The smallest absolute Gasteiger partial charge is 0.317 e. The van der Waals surface area contributed by atoms with E-state index in [-0.39, 0.29) is 0 Å². The maximum absolute atomic E-state index is 6.31. The third kappa shape index (κ3) is 13.8. The van der Waals surface area contributed by atoms with Crippen LogP contribution in [0.15, 0.2) is 0 Å². The second-order valence-electron chi connectivity index (χ2n) is 9.47. The first-order valence-electron chi connectivity index (χ1n) is 13.0. The molecule has 2 fully saturated rings. The van der Waals surface area contributed by atoms with Crippen LogP contribution in [0.4, 0.5) is 0 Å². The molecular formula is C17H48O10Si8. The lowest BCUT2D eigenvalue weighted by molar-refractivity contribution is 0.0820. The molecule has 2 rings (SSSR count). The largest absolute Gasteiger partial charge is 0.420 e. The van der Waals surface area contributed by atoms with E-state index >= 15 is 0 Å². The Labute approximate surface area is 224 Å². The lowest BCUT2D eigenvalue weighted by atomic mass is 10.4. The number of hydrogen-bond donors (Lipinski definition) is 0. The average Bonchev–Trinajstić information content (AvgIpc) is 2.68. The summed E-state index contributed by atoms with van der Waals surface area (Å²) in [5, 5.41) is 0. The van der Waals surface area contributed by atoms with Crippen molar-refractivity contribution in [3.63, 3.8) is 0 Å². The molecule has 0 N–H and O–H groups in total. The highest BCUT2D eigenvalue weighted by atomic mass is 28.5. The van der Waals surface area contributed by atoms with Gasteiger partial charge in [-0.15, -0.1) is 0 Å². The van der Waals surface area contributed by atoms with Crippen LogP contribution in [0, 0.1) is 0 Å². The molecule has 2 aliphatic heterocycles. The highest BCUT2D eigenvalue weighted by Crippen LogP contribution is 2.23. The van der Waals surface area contributed by atoms with Crippen LogP contribution in [0.3, 0.4) is 0 Å². The predicted octanol–water partition coefficient (Wildman–Crippen LogP) is 1.60. The number of rotatable bonds is 12. The zero-order valence-corrected chi connectivity index (χ0v) is 31.8. The van der Waals surface area contributed by atoms with Gasteiger partial charge in [-0.2, -0.15) is 0 Å². The van der Waals surface area contributed by atoms with E-state index in [1.165, 1.54) is 0 Å². The molecule has 0 aromatic carbocycles. The molecule has 35 heavy (non-hydrogen) atoms. The van der Waals surface area contributed by atoms with E-state index in [1.807, 2.05) is 0 Å². The molecule has 208 valence electrons. The molecule has 0 spiro atoms. The van der Waals surface area contributed by atoms with Crippen molar-refractivity contribution >= 4 is 72.8 Å². The normalized spacial score (nSPS) is 39.4. The third-order valence-electron chi connectivity index (χ3n) is 5.61. The van der Waals surface area contributed by atoms with E-state index in [0.29, 0.717) is 26.4 Å². The Morgan fingerprint density at radius 3 is 1.06 bits per heavy atom. The van der Waals surface area contributed by atoms with Gasteiger partial charge in [-0.1, -0.05) is 0 Å². The number of hydrogen-bond acceptors (Lipinski definition) is 10. The van der Waals surface area contributed by atoms with Gasteiger partial charge >= 0.3 is 17.1 Å². The third-order valence-corrected chi connectivity index (χ3v) is 33.7. The topological polar surface area (TPSA) is 92.3 Å². The second-order valence-corrected chi connectivity index (χ2v) is 29.9. The fourth-order valence-electron chi connectivity index (χ4n) is 4.41. The van der Waals surface area contributed by atoms with Crippen molar-refractivity contribution in [3.05, 3.63) is 0 Å². The summed E-state index contributed by atoms with van der Waals surface area (Å²) in [7, 11) is -14.3. The molecule has 2 saturated heterocycles. The minimum absolute atomic E-state index is 0.702. The Hall–Kier alpha value is 1.34. The Morgan fingerprint density at radius 2 is 0.743 bits per heavy atom. The van der Waals surface area contributed by atoms with Gasteiger partial charge in [0.2, 0.25) is 0 Å². The highest BCUT2D eigenvalue weighted by molar-refractivity contribution is 6.81. The van der Waals surface area contributed by atoms with Gasteiger partial charge in [-0.25, -0.2) is 0 Å². The Bertz CT molecular complexity index is 523. The van der Waals surface area contributed by atoms with Gasteiger partial charge in [0, 0.05) is 26.4 Å². The maximum atomic E-state index is 6.31. The number of ether oxygens (including phenoxy) is 2.